The van der Waals surface area contributed by atoms with E-state index >= 15 is 0 Å². The van der Waals surface area contributed by atoms with E-state index < -0.39 is 16.3 Å². The lowest BCUT2D eigenvalue weighted by Crippen LogP contribution is -2.35. The second kappa shape index (κ2) is 6.99. The monoisotopic (exact) mass is 405 g/mol. The lowest BCUT2D eigenvalue weighted by Gasteiger charge is -2.25. The van der Waals surface area contributed by atoms with Gasteiger partial charge < -0.3 is 9.84 Å². The van der Waals surface area contributed by atoms with E-state index in [1.54, 1.807) is 0 Å². The second-order valence-electron chi connectivity index (χ2n) is 6.58. The van der Waals surface area contributed by atoms with Crippen LogP contribution in [0, 0.1) is 0 Å². The molecule has 8 heteroatoms. The largest absolute Gasteiger partial charge is 0.489 e. The van der Waals surface area contributed by atoms with Crippen LogP contribution in [-0.4, -0.2) is 25.9 Å². The summed E-state index contributed by atoms with van der Waals surface area (Å²) in [5.41, 5.74) is 0.746. The molecule has 138 valence electrons. The topological polar surface area (TPSA) is 66.8 Å². The first-order chi connectivity index (χ1) is 11.7. The van der Waals surface area contributed by atoms with E-state index in [0.717, 1.165) is 23.6 Å². The van der Waals surface area contributed by atoms with E-state index in [2.05, 4.69) is 0 Å². The molecule has 2 aliphatic rings. The Morgan fingerprint density at radius 3 is 2.52 bits per heavy atom. The molecule has 0 amide bonds. The summed E-state index contributed by atoms with van der Waals surface area (Å²) in [6, 6.07) is 2.93. The molecule has 1 heterocycles. The first-order valence-corrected chi connectivity index (χ1v) is 10.5. The first-order valence-electron chi connectivity index (χ1n) is 8.33. The van der Waals surface area contributed by atoms with Crippen LogP contribution in [-0.2, 0) is 10.0 Å². The third kappa shape index (κ3) is 3.37. The number of anilines is 1. The quantitative estimate of drug-likeness (QED) is 0.805. The molecule has 0 fully saturated rings. The zero-order valence-electron chi connectivity index (χ0n) is 14.1. The smallest absolute Gasteiger partial charge is 0.263 e. The molecule has 0 bridgehead atoms. The summed E-state index contributed by atoms with van der Waals surface area (Å²) in [4.78, 5) is 0.326. The highest BCUT2D eigenvalue weighted by Gasteiger charge is 2.44. The second-order valence-corrected chi connectivity index (χ2v) is 9.23. The zero-order valence-corrected chi connectivity index (χ0v) is 16.5. The van der Waals surface area contributed by atoms with Gasteiger partial charge >= 0.3 is 0 Å². The molecule has 1 aliphatic carbocycles. The van der Waals surface area contributed by atoms with Gasteiger partial charge in [-0.25, -0.2) is 12.7 Å². The fourth-order valence-electron chi connectivity index (χ4n) is 3.33. The van der Waals surface area contributed by atoms with E-state index in [4.69, 9.17) is 27.9 Å². The predicted molar refractivity (Wildman–Crippen MR) is 99.7 cm³/mol. The molecule has 1 atom stereocenters. The van der Waals surface area contributed by atoms with Crippen molar-refractivity contribution >= 4 is 38.9 Å². The van der Waals surface area contributed by atoms with Crippen molar-refractivity contribution in [3.63, 3.8) is 0 Å². The molecule has 5 nitrogen and oxygen atoms in total. The van der Waals surface area contributed by atoms with Gasteiger partial charge in [-0.15, -0.1) is 0 Å². The molecule has 0 saturated heterocycles. The van der Waals surface area contributed by atoms with E-state index in [1.807, 2.05) is 13.8 Å². The number of ether oxygens (including phenoxy) is 1. The number of nitrogens with zero attached hydrogens (tertiary/aromatic N) is 1. The summed E-state index contributed by atoms with van der Waals surface area (Å²) in [6.07, 6.45) is 2.32. The molecule has 0 aromatic heterocycles. The summed E-state index contributed by atoms with van der Waals surface area (Å²) in [6.45, 7) is 3.71. The van der Waals surface area contributed by atoms with Crippen LogP contribution in [0.2, 0.25) is 10.0 Å². The first kappa shape index (κ1) is 18.8. The Morgan fingerprint density at radius 1 is 1.16 bits per heavy atom. The van der Waals surface area contributed by atoms with Gasteiger partial charge in [0.15, 0.2) is 6.23 Å². The number of halogens is 2. The Hall–Kier alpha value is -0.950. The van der Waals surface area contributed by atoms with Gasteiger partial charge in [0.05, 0.1) is 26.7 Å². The molecular formula is C17H21Cl2NO4S. The average molecular weight is 406 g/mol. The van der Waals surface area contributed by atoms with Crippen molar-refractivity contribution < 1.29 is 18.3 Å². The standard InChI is InChI=1S/C17H21Cl2NO4S/c1-10(2)24-15-9-12(18)14(8-13(15)19)20-17(21)11-6-4-3-5-7-16(11)25(20,22)23/h8-10,17,21H,3-7H2,1-2H3. The summed E-state index contributed by atoms with van der Waals surface area (Å²) in [5, 5.41) is 11.1. The molecule has 1 N–H and O–H groups in total. The van der Waals surface area contributed by atoms with Gasteiger partial charge in [-0.3, -0.25) is 0 Å². The third-order valence-corrected chi connectivity index (χ3v) is 7.02. The molecular weight excluding hydrogens is 385 g/mol. The van der Waals surface area contributed by atoms with E-state index in [1.165, 1.54) is 12.1 Å². The fraction of sp³-hybridized carbons (Fsp3) is 0.529. The summed E-state index contributed by atoms with van der Waals surface area (Å²) >= 11 is 12.6. The third-order valence-electron chi connectivity index (χ3n) is 4.41. The minimum absolute atomic E-state index is 0.0988. The van der Waals surface area contributed by atoms with Crippen LogP contribution in [0.3, 0.4) is 0 Å². The number of hydrogen-bond donors (Lipinski definition) is 1. The zero-order chi connectivity index (χ0) is 18.4. The van der Waals surface area contributed by atoms with Crippen molar-refractivity contribution in [1.82, 2.24) is 0 Å². The van der Waals surface area contributed by atoms with Crippen LogP contribution in [0.1, 0.15) is 46.0 Å². The Bertz CT molecular complexity index is 820. The summed E-state index contributed by atoms with van der Waals surface area (Å²) in [7, 11) is -3.81. The molecule has 0 saturated carbocycles. The van der Waals surface area contributed by atoms with Gasteiger partial charge in [0.2, 0.25) is 0 Å². The van der Waals surface area contributed by atoms with Gasteiger partial charge in [-0.05, 0) is 51.2 Å². The van der Waals surface area contributed by atoms with Gasteiger partial charge in [0.1, 0.15) is 5.75 Å². The number of hydrogen-bond acceptors (Lipinski definition) is 4. The van der Waals surface area contributed by atoms with E-state index in [-0.39, 0.29) is 21.8 Å². The van der Waals surface area contributed by atoms with Gasteiger partial charge in [0.25, 0.3) is 10.0 Å². The SMILES string of the molecule is CC(C)Oc1cc(Cl)c(N2C(O)C3=C(CCCCC3)S2(=O)=O)cc1Cl. The van der Waals surface area contributed by atoms with Crippen molar-refractivity contribution in [2.75, 3.05) is 4.31 Å². The van der Waals surface area contributed by atoms with Crippen LogP contribution in [0.4, 0.5) is 5.69 Å². The minimum Gasteiger partial charge on any atom is -0.489 e. The summed E-state index contributed by atoms with van der Waals surface area (Å²) in [5.74, 6) is 0.381. The van der Waals surface area contributed by atoms with Crippen LogP contribution < -0.4 is 9.04 Å². The molecule has 3 rings (SSSR count). The van der Waals surface area contributed by atoms with Crippen LogP contribution >= 0.6 is 23.2 Å². The number of rotatable bonds is 3. The molecule has 0 spiro atoms. The number of aliphatic hydroxyl groups excluding tert-OH is 1. The highest BCUT2D eigenvalue weighted by molar-refractivity contribution is 7.97. The van der Waals surface area contributed by atoms with Crippen LogP contribution in [0.5, 0.6) is 5.75 Å². The Labute approximate surface area is 158 Å². The number of allylic oxidation sites excluding steroid dienone is 1. The molecule has 0 radical (unpaired) electrons. The van der Waals surface area contributed by atoms with Crippen molar-refractivity contribution in [3.8, 4) is 5.75 Å². The Kier molecular flexibility index (Phi) is 5.26. The molecule has 1 aromatic rings. The van der Waals surface area contributed by atoms with Crippen LogP contribution in [0.15, 0.2) is 22.6 Å². The highest BCUT2D eigenvalue weighted by atomic mass is 35.5. The fourth-order valence-corrected chi connectivity index (χ4v) is 5.81. The normalized spacial score (nSPS) is 23.0. The molecule has 1 aliphatic heterocycles. The lowest BCUT2D eigenvalue weighted by molar-refractivity contribution is 0.221. The maximum absolute atomic E-state index is 13.0. The van der Waals surface area contributed by atoms with Gasteiger partial charge in [-0.2, -0.15) is 0 Å². The maximum atomic E-state index is 13.0. The molecule has 1 unspecified atom stereocenters. The van der Waals surface area contributed by atoms with Gasteiger partial charge in [0, 0.05) is 6.07 Å². The molecule has 1 aromatic carbocycles. The number of sulfonamides is 1. The van der Waals surface area contributed by atoms with Crippen molar-refractivity contribution in [1.29, 1.82) is 0 Å². The highest BCUT2D eigenvalue weighted by Crippen LogP contribution is 2.46. The van der Waals surface area contributed by atoms with E-state index in [0.29, 0.717) is 29.1 Å². The van der Waals surface area contributed by atoms with E-state index in [9.17, 15) is 13.5 Å². The predicted octanol–water partition coefficient (Wildman–Crippen LogP) is 4.47. The summed E-state index contributed by atoms with van der Waals surface area (Å²) < 4.78 is 32.5. The lowest BCUT2D eigenvalue weighted by atomic mass is 10.1. The Balaban J connectivity index is 2.04. The van der Waals surface area contributed by atoms with Crippen molar-refractivity contribution in [2.45, 2.75) is 58.3 Å². The minimum atomic E-state index is -3.81. The number of aliphatic hydroxyl groups is 1. The van der Waals surface area contributed by atoms with Crippen molar-refractivity contribution in [2.24, 2.45) is 0 Å². The number of benzene rings is 1. The average Bonchev–Trinajstić information content (AvgIpc) is 2.71. The molecule has 25 heavy (non-hydrogen) atoms. The Morgan fingerprint density at radius 2 is 1.84 bits per heavy atom. The van der Waals surface area contributed by atoms with Gasteiger partial charge in [-0.1, -0.05) is 29.6 Å². The van der Waals surface area contributed by atoms with Crippen molar-refractivity contribution in [3.05, 3.63) is 32.7 Å². The van der Waals surface area contributed by atoms with Crippen LogP contribution in [0.25, 0.3) is 0 Å². The maximum Gasteiger partial charge on any atom is 0.263 e.